The normalized spacial score (nSPS) is 35.5. The number of carbonyl (C=O) groups is 3. The lowest BCUT2D eigenvalue weighted by molar-refractivity contribution is -0.277. The van der Waals surface area contributed by atoms with Crippen molar-refractivity contribution in [3.63, 3.8) is 0 Å². The van der Waals surface area contributed by atoms with Crippen molar-refractivity contribution in [3.8, 4) is 6.07 Å². The van der Waals surface area contributed by atoms with Crippen molar-refractivity contribution in [2.45, 2.75) is 108 Å². The molecule has 5 aliphatic heterocycles. The standard InChI is InChI=1S/C27H41N5O8/c1-24(2)37-18-15-36-27(21(20(18)38-24)39-25(3,4)40-27)16-29-22(34)23(35)31-11-8-26(5,9-12-31)30-14-19(33)32-10-6-7-17(32)13-28/h17-18,20-21,30H,6-12,14-16H2,1-5H3,(H,29,34)/t17-,18?,20?,21?,27?/m0/s1. The lowest BCUT2D eigenvalue weighted by atomic mass is 9.89. The molecular formula is C27H41N5O8. The average molecular weight is 564 g/mol. The van der Waals surface area contributed by atoms with Crippen molar-refractivity contribution in [2.24, 2.45) is 0 Å². The van der Waals surface area contributed by atoms with Crippen molar-refractivity contribution >= 4 is 17.7 Å². The molecule has 5 rings (SSSR count). The van der Waals surface area contributed by atoms with E-state index in [4.69, 9.17) is 23.7 Å². The number of likely N-dealkylation sites (tertiary alicyclic amines) is 2. The SMILES string of the molecule is CC1(NCC(=O)N2CCC[C@H]2C#N)CCN(C(=O)C(=O)NCC23OCC4OC(C)(C)OC4C2OC(C)(C)O3)CC1. The van der Waals surface area contributed by atoms with Gasteiger partial charge in [-0.2, -0.15) is 5.26 Å². The minimum atomic E-state index is -1.32. The molecule has 0 saturated carbocycles. The summed E-state index contributed by atoms with van der Waals surface area (Å²) in [5.41, 5.74) is -0.360. The summed E-state index contributed by atoms with van der Waals surface area (Å²) in [6, 6.07) is 1.84. The van der Waals surface area contributed by atoms with Gasteiger partial charge in [-0.25, -0.2) is 0 Å². The molecule has 0 aromatic rings. The van der Waals surface area contributed by atoms with Crippen molar-refractivity contribution in [1.29, 1.82) is 5.26 Å². The number of piperidine rings is 1. The first kappa shape index (κ1) is 29.2. The highest BCUT2D eigenvalue weighted by Gasteiger charge is 2.65. The number of carbonyl (C=O) groups excluding carboxylic acids is 3. The maximum Gasteiger partial charge on any atom is 0.311 e. The van der Waals surface area contributed by atoms with Gasteiger partial charge in [0.25, 0.3) is 0 Å². The van der Waals surface area contributed by atoms with Crippen LogP contribution in [0, 0.1) is 11.3 Å². The lowest BCUT2D eigenvalue weighted by Gasteiger charge is -2.41. The summed E-state index contributed by atoms with van der Waals surface area (Å²) in [5, 5.41) is 15.3. The van der Waals surface area contributed by atoms with Gasteiger partial charge in [0, 0.05) is 25.2 Å². The molecule has 0 aliphatic carbocycles. The molecule has 0 aromatic carbocycles. The second-order valence-electron chi connectivity index (χ2n) is 12.6. The fourth-order valence-corrected chi connectivity index (χ4v) is 6.37. The highest BCUT2D eigenvalue weighted by Crippen LogP contribution is 2.47. The van der Waals surface area contributed by atoms with Gasteiger partial charge in [-0.15, -0.1) is 0 Å². The van der Waals surface area contributed by atoms with Gasteiger partial charge in [0.05, 0.1) is 25.8 Å². The van der Waals surface area contributed by atoms with Gasteiger partial charge in [0.1, 0.15) is 24.4 Å². The van der Waals surface area contributed by atoms with Crippen LogP contribution in [-0.2, 0) is 38.1 Å². The quantitative estimate of drug-likeness (QED) is 0.437. The highest BCUT2D eigenvalue weighted by molar-refractivity contribution is 6.35. The van der Waals surface area contributed by atoms with E-state index < -0.39 is 41.4 Å². The number of amides is 3. The minimum absolute atomic E-state index is 0.0866. The molecule has 5 aliphatic rings. The fraction of sp³-hybridized carbons (Fsp3) is 0.852. The van der Waals surface area contributed by atoms with Crippen molar-refractivity contribution in [1.82, 2.24) is 20.4 Å². The van der Waals surface area contributed by atoms with E-state index in [2.05, 4.69) is 16.7 Å². The summed E-state index contributed by atoms with van der Waals surface area (Å²) in [5.74, 6) is -4.58. The number of fused-ring (bicyclic) bond motifs is 3. The summed E-state index contributed by atoms with van der Waals surface area (Å²) in [4.78, 5) is 41.7. The second-order valence-corrected chi connectivity index (χ2v) is 12.6. The highest BCUT2D eigenvalue weighted by atomic mass is 16.9. The molecule has 13 heteroatoms. The lowest BCUT2D eigenvalue weighted by Crippen LogP contribution is -2.63. The van der Waals surface area contributed by atoms with Crippen LogP contribution in [0.25, 0.3) is 0 Å². The molecule has 3 amide bonds. The average Bonchev–Trinajstić information content (AvgIpc) is 3.58. The van der Waals surface area contributed by atoms with E-state index in [0.717, 1.165) is 6.42 Å². The van der Waals surface area contributed by atoms with Gasteiger partial charge in [0.2, 0.25) is 11.7 Å². The molecule has 5 heterocycles. The van der Waals surface area contributed by atoms with Crippen LogP contribution in [0.1, 0.15) is 60.3 Å². The Morgan fingerprint density at radius 1 is 1.00 bits per heavy atom. The molecule has 222 valence electrons. The fourth-order valence-electron chi connectivity index (χ4n) is 6.37. The van der Waals surface area contributed by atoms with Crippen LogP contribution < -0.4 is 10.6 Å². The molecule has 0 aromatic heterocycles. The predicted octanol–water partition coefficient (Wildman–Crippen LogP) is -0.0140. The van der Waals surface area contributed by atoms with Crippen LogP contribution in [0.15, 0.2) is 0 Å². The Hall–Kier alpha value is -2.34. The van der Waals surface area contributed by atoms with Gasteiger partial charge in [-0.05, 0) is 60.3 Å². The van der Waals surface area contributed by atoms with E-state index in [1.807, 2.05) is 20.8 Å². The van der Waals surface area contributed by atoms with Crippen molar-refractivity contribution in [3.05, 3.63) is 0 Å². The first-order chi connectivity index (χ1) is 18.8. The smallest absolute Gasteiger partial charge is 0.311 e. The van der Waals surface area contributed by atoms with Gasteiger partial charge >= 0.3 is 11.8 Å². The number of nitrogens with zero attached hydrogens (tertiary/aromatic N) is 3. The van der Waals surface area contributed by atoms with Gasteiger partial charge in [0.15, 0.2) is 11.6 Å². The largest absolute Gasteiger partial charge is 0.343 e. The maximum absolute atomic E-state index is 13.0. The summed E-state index contributed by atoms with van der Waals surface area (Å²) >= 11 is 0. The third kappa shape index (κ3) is 5.70. The number of hydrogen-bond acceptors (Lipinski definition) is 10. The molecule has 0 bridgehead atoms. The van der Waals surface area contributed by atoms with Crippen LogP contribution in [0.2, 0.25) is 0 Å². The Balaban J connectivity index is 1.12. The molecule has 2 N–H and O–H groups in total. The zero-order valence-corrected chi connectivity index (χ0v) is 24.0. The Kier molecular flexibility index (Phi) is 7.65. The third-order valence-electron chi connectivity index (χ3n) is 8.51. The summed E-state index contributed by atoms with van der Waals surface area (Å²) in [6.07, 6.45) is 1.27. The van der Waals surface area contributed by atoms with E-state index in [-0.39, 0.29) is 43.3 Å². The Morgan fingerprint density at radius 2 is 1.73 bits per heavy atom. The predicted molar refractivity (Wildman–Crippen MR) is 138 cm³/mol. The zero-order valence-electron chi connectivity index (χ0n) is 24.0. The number of nitrogens with one attached hydrogen (secondary N) is 2. The molecule has 4 unspecified atom stereocenters. The Morgan fingerprint density at radius 3 is 2.42 bits per heavy atom. The first-order valence-electron chi connectivity index (χ1n) is 14.1. The van der Waals surface area contributed by atoms with Crippen LogP contribution in [0.3, 0.4) is 0 Å². The van der Waals surface area contributed by atoms with Gasteiger partial charge in [-0.3, -0.25) is 14.4 Å². The van der Waals surface area contributed by atoms with Crippen molar-refractivity contribution < 1.29 is 38.1 Å². The van der Waals surface area contributed by atoms with E-state index >= 15 is 0 Å². The Labute approximate surface area is 234 Å². The molecule has 5 fully saturated rings. The molecule has 40 heavy (non-hydrogen) atoms. The third-order valence-corrected chi connectivity index (χ3v) is 8.51. The van der Waals surface area contributed by atoms with Gasteiger partial charge in [-0.1, -0.05) is 0 Å². The Bertz CT molecular complexity index is 1070. The minimum Gasteiger partial charge on any atom is -0.343 e. The maximum atomic E-state index is 13.0. The molecule has 0 radical (unpaired) electrons. The molecule has 13 nitrogen and oxygen atoms in total. The second kappa shape index (κ2) is 10.5. The van der Waals surface area contributed by atoms with E-state index in [9.17, 15) is 19.6 Å². The number of rotatable bonds is 5. The summed E-state index contributed by atoms with van der Waals surface area (Å²) < 4.78 is 30.4. The van der Waals surface area contributed by atoms with Crippen LogP contribution in [0.5, 0.6) is 0 Å². The van der Waals surface area contributed by atoms with E-state index in [1.54, 1.807) is 18.7 Å². The summed E-state index contributed by atoms with van der Waals surface area (Å²) in [7, 11) is 0. The molecule has 5 saturated heterocycles. The zero-order chi connectivity index (χ0) is 28.9. The topological polar surface area (TPSA) is 152 Å². The number of ether oxygens (including phenoxy) is 5. The molecule has 0 spiro atoms. The van der Waals surface area contributed by atoms with Gasteiger partial charge < -0.3 is 44.1 Å². The van der Waals surface area contributed by atoms with E-state index in [0.29, 0.717) is 38.9 Å². The van der Waals surface area contributed by atoms with Crippen LogP contribution in [-0.4, -0.2) is 114 Å². The van der Waals surface area contributed by atoms with Crippen molar-refractivity contribution in [2.75, 3.05) is 39.3 Å². The van der Waals surface area contributed by atoms with Crippen LogP contribution in [0.4, 0.5) is 0 Å². The van der Waals surface area contributed by atoms with E-state index in [1.165, 1.54) is 4.90 Å². The molecule has 5 atom stereocenters. The summed E-state index contributed by atoms with van der Waals surface area (Å²) in [6.45, 7) is 10.8. The first-order valence-corrected chi connectivity index (χ1v) is 14.1. The molecular weight excluding hydrogens is 522 g/mol. The monoisotopic (exact) mass is 563 g/mol. The van der Waals surface area contributed by atoms with Crippen LogP contribution >= 0.6 is 0 Å². The number of nitriles is 1. The number of hydrogen-bond donors (Lipinski definition) is 2.